The fourth-order valence-corrected chi connectivity index (χ4v) is 3.21. The van der Waals surface area contributed by atoms with Crippen LogP contribution in [0, 0.1) is 6.57 Å². The van der Waals surface area contributed by atoms with Gasteiger partial charge in [0.05, 0.1) is 18.9 Å². The van der Waals surface area contributed by atoms with Gasteiger partial charge in [-0.1, -0.05) is 48.0 Å². The van der Waals surface area contributed by atoms with Gasteiger partial charge < -0.3 is 20.3 Å². The van der Waals surface area contributed by atoms with Crippen molar-refractivity contribution >= 4 is 40.9 Å². The van der Waals surface area contributed by atoms with Crippen molar-refractivity contribution in [3.8, 4) is 5.75 Å². The van der Waals surface area contributed by atoms with E-state index in [1.165, 1.54) is 12.3 Å². The molecule has 0 radical (unpaired) electrons. The molecule has 1 aromatic heterocycles. The van der Waals surface area contributed by atoms with E-state index < -0.39 is 6.03 Å². The van der Waals surface area contributed by atoms with Crippen LogP contribution in [0.5, 0.6) is 5.75 Å². The molecule has 0 fully saturated rings. The maximum Gasteiger partial charge on any atom is 0.324 e. The Bertz CT molecular complexity index is 1180. The second-order valence-corrected chi connectivity index (χ2v) is 7.95. The number of carbonyl (C=O) groups is 2. The number of hydrogen-bond acceptors (Lipinski definition) is 4. The molecule has 10 heteroatoms. The molecule has 1 heterocycles. The van der Waals surface area contributed by atoms with Crippen molar-refractivity contribution in [3.63, 3.8) is 0 Å². The zero-order chi connectivity index (χ0) is 25.0. The molecule has 0 unspecified atom stereocenters. The molecular formula is C25H25ClN6O3. The molecule has 3 aromatic rings. The zero-order valence-electron chi connectivity index (χ0n) is 19.1. The van der Waals surface area contributed by atoms with Gasteiger partial charge in [0.25, 0.3) is 0 Å². The number of pyridine rings is 1. The summed E-state index contributed by atoms with van der Waals surface area (Å²) in [6, 6.07) is 17.0. The fourth-order valence-electron chi connectivity index (χ4n) is 3.04. The third-order valence-corrected chi connectivity index (χ3v) is 5.01. The van der Waals surface area contributed by atoms with E-state index in [1.54, 1.807) is 36.2 Å². The number of aromatic nitrogens is 1. The Morgan fingerprint density at radius 2 is 1.91 bits per heavy atom. The van der Waals surface area contributed by atoms with Crippen molar-refractivity contribution in [1.29, 1.82) is 0 Å². The van der Waals surface area contributed by atoms with Crippen molar-refractivity contribution in [2.24, 2.45) is 0 Å². The average Bonchev–Trinajstić information content (AvgIpc) is 2.86. The number of ether oxygens (including phenoxy) is 1. The number of anilines is 2. The molecule has 35 heavy (non-hydrogen) atoms. The second-order valence-electron chi connectivity index (χ2n) is 7.51. The number of halogens is 1. The quantitative estimate of drug-likeness (QED) is 0.269. The van der Waals surface area contributed by atoms with Crippen LogP contribution in [0.4, 0.5) is 26.8 Å². The minimum Gasteiger partial charge on any atom is -0.491 e. The number of carbonyl (C=O) groups excluding carboxylic acids is 2. The lowest BCUT2D eigenvalue weighted by atomic mass is 10.2. The van der Waals surface area contributed by atoms with Crippen molar-refractivity contribution in [1.82, 2.24) is 15.2 Å². The maximum atomic E-state index is 12.4. The molecule has 0 saturated carbocycles. The summed E-state index contributed by atoms with van der Waals surface area (Å²) >= 11 is 6.08. The maximum absolute atomic E-state index is 12.4. The molecule has 2 aromatic carbocycles. The first-order chi connectivity index (χ1) is 16.9. The Labute approximate surface area is 208 Å². The van der Waals surface area contributed by atoms with Crippen molar-refractivity contribution in [2.45, 2.75) is 13.0 Å². The number of benzene rings is 2. The smallest absolute Gasteiger partial charge is 0.324 e. The summed E-state index contributed by atoms with van der Waals surface area (Å²) in [6.07, 6.45) is 1.94. The number of rotatable bonds is 9. The molecule has 3 N–H and O–H groups in total. The fraction of sp³-hybridized carbons (Fsp3) is 0.200. The summed E-state index contributed by atoms with van der Waals surface area (Å²) in [5.41, 5.74) is 1.82. The predicted octanol–water partition coefficient (Wildman–Crippen LogP) is 5.54. The number of urea groups is 2. The summed E-state index contributed by atoms with van der Waals surface area (Å²) < 4.78 is 5.80. The van der Waals surface area contributed by atoms with Crippen LogP contribution in [0.2, 0.25) is 5.02 Å². The molecule has 9 nitrogen and oxygen atoms in total. The van der Waals surface area contributed by atoms with Crippen LogP contribution in [0.1, 0.15) is 12.0 Å². The highest BCUT2D eigenvalue weighted by atomic mass is 35.5. The lowest BCUT2D eigenvalue weighted by Gasteiger charge is -2.18. The first-order valence-corrected chi connectivity index (χ1v) is 11.2. The van der Waals surface area contributed by atoms with Gasteiger partial charge in [0.15, 0.2) is 0 Å². The topological polar surface area (TPSA) is 99.9 Å². The third-order valence-electron chi connectivity index (χ3n) is 4.77. The highest BCUT2D eigenvalue weighted by molar-refractivity contribution is 6.31. The Hall–Kier alpha value is -4.29. The van der Waals surface area contributed by atoms with Crippen LogP contribution in [-0.4, -0.2) is 42.1 Å². The number of amides is 4. The van der Waals surface area contributed by atoms with Gasteiger partial charge >= 0.3 is 12.1 Å². The summed E-state index contributed by atoms with van der Waals surface area (Å²) in [4.78, 5) is 33.5. The van der Waals surface area contributed by atoms with Crippen LogP contribution in [0.3, 0.4) is 0 Å². The summed E-state index contributed by atoms with van der Waals surface area (Å²) in [5, 5.41) is 8.57. The molecule has 0 aliphatic heterocycles. The van der Waals surface area contributed by atoms with Crippen LogP contribution >= 0.6 is 11.6 Å². The summed E-state index contributed by atoms with van der Waals surface area (Å²) in [7, 11) is 1.74. The van der Waals surface area contributed by atoms with Crippen molar-refractivity contribution in [2.75, 3.05) is 30.8 Å². The van der Waals surface area contributed by atoms with Crippen LogP contribution in [0.25, 0.3) is 4.85 Å². The standard InChI is InChI=1S/C25H25ClN6O3/c1-27-20-10-12-23(29-16-20)31-24(33)30-21-15-19(26)9-11-22(21)35-14-6-13-28-25(34)32(2)17-18-7-4-3-5-8-18/h3-5,7-12,15-16H,6,13-14,17H2,2H3,(H,28,34)(H2,29,30,31,33). The van der Waals surface area contributed by atoms with Gasteiger partial charge in [0.1, 0.15) is 11.6 Å². The molecular weight excluding hydrogens is 468 g/mol. The molecule has 180 valence electrons. The van der Waals surface area contributed by atoms with Gasteiger partial charge in [-0.25, -0.2) is 14.4 Å². The first-order valence-electron chi connectivity index (χ1n) is 10.8. The minimum atomic E-state index is -0.533. The molecule has 0 spiro atoms. The second kappa shape index (κ2) is 12.8. The first kappa shape index (κ1) is 25.3. The lowest BCUT2D eigenvalue weighted by molar-refractivity contribution is 0.205. The van der Waals surface area contributed by atoms with Crippen molar-refractivity contribution in [3.05, 3.63) is 88.9 Å². The SMILES string of the molecule is [C-]#[N+]c1ccc(NC(=O)Nc2cc(Cl)ccc2OCCCNC(=O)N(C)Cc2ccccc2)nc1. The summed E-state index contributed by atoms with van der Waals surface area (Å²) in [6.45, 7) is 8.22. The Kier molecular flexibility index (Phi) is 9.28. The van der Waals surface area contributed by atoms with E-state index in [0.29, 0.717) is 54.1 Å². The van der Waals surface area contributed by atoms with Gasteiger partial charge in [-0.05, 0) is 36.2 Å². The number of nitrogens with one attached hydrogen (secondary N) is 3. The van der Waals surface area contributed by atoms with E-state index in [0.717, 1.165) is 5.56 Å². The Morgan fingerprint density at radius 3 is 2.63 bits per heavy atom. The molecule has 4 amide bonds. The number of nitrogens with zero attached hydrogens (tertiary/aromatic N) is 3. The molecule has 0 atom stereocenters. The van der Waals surface area contributed by atoms with Crippen LogP contribution < -0.4 is 20.7 Å². The van der Waals surface area contributed by atoms with E-state index in [-0.39, 0.29) is 6.03 Å². The average molecular weight is 493 g/mol. The summed E-state index contributed by atoms with van der Waals surface area (Å²) in [5.74, 6) is 0.737. The third kappa shape index (κ3) is 8.21. The molecule has 0 bridgehead atoms. The zero-order valence-corrected chi connectivity index (χ0v) is 19.9. The number of hydrogen-bond donors (Lipinski definition) is 3. The van der Waals surface area contributed by atoms with E-state index in [9.17, 15) is 9.59 Å². The van der Waals surface area contributed by atoms with Crippen LogP contribution in [0.15, 0.2) is 66.9 Å². The van der Waals surface area contributed by atoms with E-state index in [2.05, 4.69) is 25.8 Å². The highest BCUT2D eigenvalue weighted by Crippen LogP contribution is 2.28. The van der Waals surface area contributed by atoms with Gasteiger partial charge in [0.2, 0.25) is 5.69 Å². The van der Waals surface area contributed by atoms with Gasteiger partial charge in [-0.15, -0.1) is 0 Å². The minimum absolute atomic E-state index is 0.169. The van der Waals surface area contributed by atoms with Gasteiger partial charge in [-0.2, -0.15) is 0 Å². The molecule has 0 saturated heterocycles. The predicted molar refractivity (Wildman–Crippen MR) is 136 cm³/mol. The van der Waals surface area contributed by atoms with E-state index in [1.807, 2.05) is 30.3 Å². The van der Waals surface area contributed by atoms with Crippen molar-refractivity contribution < 1.29 is 14.3 Å². The Morgan fingerprint density at radius 1 is 1.11 bits per heavy atom. The van der Waals surface area contributed by atoms with E-state index >= 15 is 0 Å². The van der Waals surface area contributed by atoms with E-state index in [4.69, 9.17) is 22.9 Å². The normalized spacial score (nSPS) is 10.1. The molecule has 3 rings (SSSR count). The van der Waals surface area contributed by atoms with Gasteiger partial charge in [0, 0.05) is 31.4 Å². The lowest BCUT2D eigenvalue weighted by Crippen LogP contribution is -2.37. The van der Waals surface area contributed by atoms with Gasteiger partial charge in [-0.3, -0.25) is 10.3 Å². The molecule has 0 aliphatic carbocycles. The monoisotopic (exact) mass is 492 g/mol. The largest absolute Gasteiger partial charge is 0.491 e. The Balaban J connectivity index is 1.45. The highest BCUT2D eigenvalue weighted by Gasteiger charge is 2.11. The van der Waals surface area contributed by atoms with Crippen LogP contribution in [-0.2, 0) is 6.54 Å². The molecule has 0 aliphatic rings.